The topological polar surface area (TPSA) is 67.8 Å². The van der Waals surface area contributed by atoms with Crippen molar-refractivity contribution in [2.24, 2.45) is 0 Å². The fourth-order valence-corrected chi connectivity index (χ4v) is 5.72. The second-order valence-electron chi connectivity index (χ2n) is 7.85. The lowest BCUT2D eigenvalue weighted by Gasteiger charge is -2.42. The molecule has 170 valence electrons. The van der Waals surface area contributed by atoms with Crippen molar-refractivity contribution in [1.29, 1.82) is 0 Å². The summed E-state index contributed by atoms with van der Waals surface area (Å²) in [5.41, 5.74) is 2.85. The van der Waals surface area contributed by atoms with E-state index in [9.17, 15) is 4.57 Å². The van der Waals surface area contributed by atoms with E-state index in [-0.39, 0.29) is 5.41 Å². The zero-order valence-corrected chi connectivity index (χ0v) is 21.1. The van der Waals surface area contributed by atoms with Crippen LogP contribution in [0.2, 0.25) is 0 Å². The standard InChI is InChI=1S/C23H31BrNO4PS/c24-21-15-19(16-25-12-6-13-29-30(26)27)9-10-22(21)31-14-5-4-11-23(17-28-18-23)20-7-2-1-3-8-20/h1-3,7-10,15,25,30H,4-6,11-14,16-18H2,(H,26,27). The third kappa shape index (κ3) is 8.01. The largest absolute Gasteiger partial charge is 0.379 e. The fourth-order valence-electron chi connectivity index (χ4n) is 3.70. The molecule has 0 bridgehead atoms. The minimum atomic E-state index is -2.81. The number of hydrogen-bond donors (Lipinski definition) is 2. The van der Waals surface area contributed by atoms with E-state index in [1.807, 2.05) is 11.8 Å². The van der Waals surface area contributed by atoms with E-state index >= 15 is 0 Å². The molecule has 0 spiro atoms. The molecule has 1 saturated heterocycles. The Morgan fingerprint density at radius 2 is 1.97 bits per heavy atom. The Labute approximate surface area is 198 Å². The predicted octanol–water partition coefficient (Wildman–Crippen LogP) is 5.56. The molecule has 1 atom stereocenters. The van der Waals surface area contributed by atoms with Gasteiger partial charge in [0, 0.05) is 21.3 Å². The summed E-state index contributed by atoms with van der Waals surface area (Å²) in [6.07, 6.45) is 4.30. The molecule has 1 fully saturated rings. The summed E-state index contributed by atoms with van der Waals surface area (Å²) in [7, 11) is -2.81. The average Bonchev–Trinajstić information content (AvgIpc) is 2.73. The summed E-state index contributed by atoms with van der Waals surface area (Å²) in [6, 6.07) is 17.3. The fraction of sp³-hybridized carbons (Fsp3) is 0.478. The van der Waals surface area contributed by atoms with Crippen LogP contribution in [0.5, 0.6) is 0 Å². The molecule has 0 saturated carbocycles. The molecular formula is C23H31BrNO4PS. The predicted molar refractivity (Wildman–Crippen MR) is 131 cm³/mol. The maximum Gasteiger partial charge on any atom is 0.316 e. The number of thioether (sulfide) groups is 1. The van der Waals surface area contributed by atoms with Gasteiger partial charge in [-0.25, -0.2) is 0 Å². The molecule has 3 rings (SSSR count). The van der Waals surface area contributed by atoms with Crippen LogP contribution >= 0.6 is 35.9 Å². The van der Waals surface area contributed by atoms with Gasteiger partial charge in [0.2, 0.25) is 0 Å². The van der Waals surface area contributed by atoms with Crippen LogP contribution in [-0.2, 0) is 25.8 Å². The van der Waals surface area contributed by atoms with Gasteiger partial charge >= 0.3 is 8.25 Å². The number of halogens is 1. The second-order valence-corrected chi connectivity index (χ2v) is 10.7. The molecule has 2 N–H and O–H groups in total. The molecule has 0 radical (unpaired) electrons. The summed E-state index contributed by atoms with van der Waals surface area (Å²) < 4.78 is 21.9. The smallest absolute Gasteiger partial charge is 0.316 e. The lowest BCUT2D eigenvalue weighted by Crippen LogP contribution is -2.46. The first-order valence-corrected chi connectivity index (χ1v) is 13.7. The molecule has 2 aromatic rings. The van der Waals surface area contributed by atoms with Crippen molar-refractivity contribution in [1.82, 2.24) is 5.32 Å². The Hall–Kier alpha value is -0.660. The number of hydrogen-bond acceptors (Lipinski definition) is 5. The highest BCUT2D eigenvalue weighted by molar-refractivity contribution is 9.10. The van der Waals surface area contributed by atoms with Gasteiger partial charge in [-0.05, 0) is 70.7 Å². The normalized spacial score (nSPS) is 16.1. The van der Waals surface area contributed by atoms with Gasteiger partial charge in [-0.15, -0.1) is 11.8 Å². The summed E-state index contributed by atoms with van der Waals surface area (Å²) in [5, 5.41) is 3.33. The molecule has 31 heavy (non-hydrogen) atoms. The number of benzene rings is 2. The van der Waals surface area contributed by atoms with Crippen molar-refractivity contribution in [2.45, 2.75) is 42.5 Å². The van der Waals surface area contributed by atoms with Gasteiger partial charge in [-0.3, -0.25) is 4.57 Å². The van der Waals surface area contributed by atoms with E-state index in [4.69, 9.17) is 9.63 Å². The Balaban J connectivity index is 1.34. The Morgan fingerprint density at radius 3 is 2.65 bits per heavy atom. The molecule has 1 heterocycles. The lowest BCUT2D eigenvalue weighted by molar-refractivity contribution is -0.0652. The first-order valence-electron chi connectivity index (χ1n) is 10.7. The van der Waals surface area contributed by atoms with Crippen LogP contribution < -0.4 is 5.32 Å². The number of rotatable bonds is 14. The van der Waals surface area contributed by atoms with E-state index < -0.39 is 8.25 Å². The number of ether oxygens (including phenoxy) is 1. The molecule has 0 amide bonds. The van der Waals surface area contributed by atoms with E-state index in [1.165, 1.54) is 35.3 Å². The van der Waals surface area contributed by atoms with Crippen LogP contribution in [0.4, 0.5) is 0 Å². The van der Waals surface area contributed by atoms with Crippen molar-refractivity contribution < 1.29 is 18.7 Å². The SMILES string of the molecule is O=[PH](O)OCCCNCc1ccc(SCCCCC2(c3ccccc3)COC2)c(Br)c1. The van der Waals surface area contributed by atoms with Crippen LogP contribution in [-0.4, -0.2) is 37.0 Å². The van der Waals surface area contributed by atoms with Gasteiger partial charge in [0.1, 0.15) is 0 Å². The molecule has 1 aliphatic heterocycles. The highest BCUT2D eigenvalue weighted by atomic mass is 79.9. The Bertz CT molecular complexity index is 836. The number of nitrogens with one attached hydrogen (secondary N) is 1. The minimum absolute atomic E-state index is 0.226. The Morgan fingerprint density at radius 1 is 1.16 bits per heavy atom. The molecule has 0 aliphatic carbocycles. The van der Waals surface area contributed by atoms with E-state index in [0.717, 1.165) is 36.5 Å². The molecule has 5 nitrogen and oxygen atoms in total. The van der Waals surface area contributed by atoms with E-state index in [0.29, 0.717) is 13.0 Å². The first-order chi connectivity index (χ1) is 15.1. The van der Waals surface area contributed by atoms with Gasteiger partial charge in [0.05, 0.1) is 19.8 Å². The van der Waals surface area contributed by atoms with Crippen LogP contribution in [0.3, 0.4) is 0 Å². The van der Waals surface area contributed by atoms with Crippen LogP contribution in [0, 0.1) is 0 Å². The van der Waals surface area contributed by atoms with Gasteiger partial charge < -0.3 is 19.5 Å². The van der Waals surface area contributed by atoms with Crippen LogP contribution in [0.15, 0.2) is 57.9 Å². The van der Waals surface area contributed by atoms with Crippen LogP contribution in [0.25, 0.3) is 0 Å². The minimum Gasteiger partial charge on any atom is -0.379 e. The maximum atomic E-state index is 10.5. The third-order valence-corrected chi connectivity index (χ3v) is 8.03. The third-order valence-electron chi connectivity index (χ3n) is 5.50. The lowest BCUT2D eigenvalue weighted by atomic mass is 9.75. The summed E-state index contributed by atoms with van der Waals surface area (Å²) >= 11 is 5.60. The van der Waals surface area contributed by atoms with Gasteiger partial charge in [0.15, 0.2) is 0 Å². The Kier molecular flexibility index (Phi) is 10.6. The van der Waals surface area contributed by atoms with Crippen molar-refractivity contribution in [3.8, 4) is 0 Å². The molecular weight excluding hydrogens is 497 g/mol. The van der Waals surface area contributed by atoms with E-state index in [1.54, 1.807) is 0 Å². The average molecular weight is 528 g/mol. The highest BCUT2D eigenvalue weighted by Gasteiger charge is 2.39. The van der Waals surface area contributed by atoms with Crippen molar-refractivity contribution in [3.63, 3.8) is 0 Å². The highest BCUT2D eigenvalue weighted by Crippen LogP contribution is 2.37. The van der Waals surface area contributed by atoms with Crippen molar-refractivity contribution >= 4 is 35.9 Å². The zero-order valence-electron chi connectivity index (χ0n) is 17.6. The molecule has 1 unspecified atom stereocenters. The van der Waals surface area contributed by atoms with E-state index in [2.05, 4.69) is 74.3 Å². The quantitative estimate of drug-likeness (QED) is 0.190. The zero-order chi connectivity index (χ0) is 21.9. The van der Waals surface area contributed by atoms with Crippen LogP contribution in [0.1, 0.15) is 36.8 Å². The maximum absolute atomic E-state index is 10.5. The molecule has 0 aromatic heterocycles. The summed E-state index contributed by atoms with van der Waals surface area (Å²) in [6.45, 7) is 3.51. The summed E-state index contributed by atoms with van der Waals surface area (Å²) in [4.78, 5) is 9.90. The molecule has 2 aromatic carbocycles. The van der Waals surface area contributed by atoms with Gasteiger partial charge in [0.25, 0.3) is 0 Å². The van der Waals surface area contributed by atoms with Crippen molar-refractivity contribution in [2.75, 3.05) is 32.1 Å². The second kappa shape index (κ2) is 13.1. The van der Waals surface area contributed by atoms with Gasteiger partial charge in [-0.1, -0.05) is 42.8 Å². The number of unbranched alkanes of at least 4 members (excludes halogenated alkanes) is 1. The monoisotopic (exact) mass is 527 g/mol. The van der Waals surface area contributed by atoms with Crippen molar-refractivity contribution in [3.05, 3.63) is 64.1 Å². The molecule has 1 aliphatic rings. The first kappa shape index (κ1) is 25.0. The summed E-state index contributed by atoms with van der Waals surface area (Å²) in [5.74, 6) is 1.11. The van der Waals surface area contributed by atoms with Gasteiger partial charge in [-0.2, -0.15) is 0 Å². The molecule has 8 heteroatoms.